The van der Waals surface area contributed by atoms with Crippen molar-refractivity contribution in [1.29, 1.82) is 0 Å². The molecule has 144 heavy (non-hydrogen) atoms. The third-order valence-electron chi connectivity index (χ3n) is 12.7. The van der Waals surface area contributed by atoms with E-state index in [-0.39, 0.29) is 44.3 Å². The van der Waals surface area contributed by atoms with Gasteiger partial charge in [0.25, 0.3) is 0 Å². The molecule has 888 valence electrons. The van der Waals surface area contributed by atoms with Gasteiger partial charge in [-0.3, -0.25) is 0 Å². The number of unbranched alkanes of at least 4 members (excludes halogenated alkanes) is 6. The van der Waals surface area contributed by atoms with Gasteiger partial charge in [0.1, 0.15) is 0 Å². The predicted octanol–water partition coefficient (Wildman–Crippen LogP) is 46.7. The predicted molar refractivity (Wildman–Crippen MR) is 653 cm³/mol. The molecule has 24 heteroatoms. The second-order valence-corrected chi connectivity index (χ2v) is 45.2. The molecule has 0 heterocycles. The van der Waals surface area contributed by atoms with Crippen LogP contribution in [0.5, 0.6) is 0 Å². The normalized spacial score (nSPS) is 10.2. The number of nitrogens with zero attached hydrogens (tertiary/aromatic N) is 18. The van der Waals surface area contributed by atoms with Crippen LogP contribution >= 0.6 is 0 Å². The van der Waals surface area contributed by atoms with Crippen LogP contribution in [0.25, 0.3) is 63.8 Å². The zero-order valence-electron chi connectivity index (χ0n) is 109. The van der Waals surface area contributed by atoms with E-state index in [1.165, 1.54) is 156 Å². The number of rotatable bonds is 36. The summed E-state index contributed by atoms with van der Waals surface area (Å²) in [5.74, 6) is 0. The molecule has 0 aliphatic heterocycles. The summed E-state index contributed by atoms with van der Waals surface area (Å²) in [7, 11) is 0. The molecule has 0 bridgehead atoms. The van der Waals surface area contributed by atoms with E-state index in [2.05, 4.69) is 456 Å². The Bertz CT molecular complexity index is 1990. The van der Waals surface area contributed by atoms with Crippen molar-refractivity contribution in [1.82, 2.24) is 0 Å². The van der Waals surface area contributed by atoms with Crippen LogP contribution in [-0.4, -0.2) is 105 Å². The van der Waals surface area contributed by atoms with Crippen LogP contribution in [0.1, 0.15) is 535 Å². The maximum Gasteiger partial charge on any atom is -0.0663 e. The zero-order chi connectivity index (χ0) is 121. The first kappa shape index (κ1) is 204. The summed E-state index contributed by atoms with van der Waals surface area (Å²) in [6, 6.07) is 4.77. The fraction of sp³-hybridized carbons (Fsp3) is 0.800. The molecule has 0 rings (SSSR count). The minimum atomic E-state index is 0.00387. The Labute approximate surface area is 984 Å². The maximum absolute atomic E-state index is 4.44. The SMILES string of the molecule is CC(C)(C)[N-]C=C[N-]C(C)(C)C.CC(C)(C)[N-]C=C[N-]C(C)(C)C.CC(C)[N-]C=C[N-]C(C)C.CC(C)[N-]C=C[N-]C(C)C.CC(C)[N]=[W].CC(C)[N]=[W].CC(C)[N]=[W].CC(C)[N]=[W].CC(C)[N]=[W].CC(C)[N]=[W].CCC(C)(C)[N-]C=C[N-]C(C)(C)CC.CCC(C)(C)[N-]C=C[N-]C(C)(C)CC.C[CH-]C.C[CH-]C.C[CH-]C.C[CH-]C.C[CH-]C.C[CH-]C.C[CH-]CC.C[CH-]CC.C[CH-]CC.C[CH-]CC.C[CH-]CC.C[CH-]CC. The molecule has 0 fully saturated rings. The molecule has 0 aliphatic rings. The molecule has 0 saturated carbocycles. The summed E-state index contributed by atoms with van der Waals surface area (Å²) in [6.45, 7) is 141. The van der Waals surface area contributed by atoms with Crippen molar-refractivity contribution < 1.29 is 118 Å². The molecule has 18 nitrogen and oxygen atoms in total. The minimum Gasteiger partial charge on any atom is -0.687 e. The Morgan fingerprint density at radius 1 is 0.181 bits per heavy atom. The molecule has 0 aromatic carbocycles. The standard InChI is InChI=1S/2C12H24N2.2C10H20N2.2C8H16N2.6C4H9.6C3H7N.6C3H7.6W/c2*1-7-11(3,4)13-9-10-14-12(5,6)8-2;2*1-9(2,3)11-7-8-12-10(4,5)6;2*1-7(2)9-5-6-10-8(3)4;6*1-3-4-2;6*1-3(2)4;6*1-3-2;;;;;;/h2*9-10H,7-8H2,1-6H3;2*7-8H,1-6H3;2*5-8H,1-4H3;6*3H,4H2,1-2H3;6*3H,1-2H3;6*3H,1-2H3;;;;;;/q6*-2;6*-1;;;;;;;6*-1;;;;;;. The van der Waals surface area contributed by atoms with E-state index < -0.39 is 0 Å². The Hall–Kier alpha value is -1.03. The first-order valence-electron chi connectivity index (χ1n) is 53.4. The molecule has 0 amide bonds. The Kier molecular flexibility index (Phi) is 240. The van der Waals surface area contributed by atoms with Gasteiger partial charge in [0.05, 0.1) is 0 Å². The Morgan fingerprint density at radius 2 is 0.257 bits per heavy atom. The summed E-state index contributed by atoms with van der Waals surface area (Å²) in [5, 5.41) is 51.4. The largest absolute Gasteiger partial charge is 0.687 e. The first-order valence-corrected chi connectivity index (χ1v) is 61.3. The van der Waals surface area contributed by atoms with Crippen LogP contribution in [0.2, 0.25) is 0 Å². The zero-order valence-corrected chi connectivity index (χ0v) is 127. The molecule has 0 radical (unpaired) electrons. The average Bonchev–Trinajstić information content (AvgIpc) is 0.932. The van der Waals surface area contributed by atoms with Crippen LogP contribution < -0.4 is 0 Å². The molecule has 0 spiro atoms. The minimum absolute atomic E-state index is 0.00387. The van der Waals surface area contributed by atoms with Gasteiger partial charge in [-0.05, 0) is 0 Å². The summed E-state index contributed by atoms with van der Waals surface area (Å²) in [5.41, 5.74) is 0.192. The van der Waals surface area contributed by atoms with Gasteiger partial charge in [-0.1, -0.05) is 289 Å². The van der Waals surface area contributed by atoms with Gasteiger partial charge in [0, 0.05) is 0 Å². The number of hydrogen-bond donors (Lipinski definition) is 0. The quantitative estimate of drug-likeness (QED) is 0.0532. The van der Waals surface area contributed by atoms with Crippen molar-refractivity contribution in [3.63, 3.8) is 0 Å². The third-order valence-corrected chi connectivity index (χ3v) is 21.7. The molecular formula is C120H258N18W6-24. The van der Waals surface area contributed by atoms with Gasteiger partial charge in [0.2, 0.25) is 0 Å². The van der Waals surface area contributed by atoms with Crippen LogP contribution in [-0.2, 0) is 118 Å². The molecule has 0 aromatic heterocycles. The summed E-state index contributed by atoms with van der Waals surface area (Å²) in [6.07, 6.45) is 57.5. The van der Waals surface area contributed by atoms with Crippen LogP contribution in [0.15, 0.2) is 95.4 Å². The van der Waals surface area contributed by atoms with E-state index in [0.29, 0.717) is 60.4 Å². The number of hydrogen-bond acceptors (Lipinski definition) is 6. The monoisotopic (exact) mass is 3060 g/mol. The van der Waals surface area contributed by atoms with Crippen molar-refractivity contribution in [3.05, 3.63) is 215 Å². The molecule has 0 unspecified atom stereocenters. The maximum atomic E-state index is 4.44. The molecule has 0 saturated heterocycles. The van der Waals surface area contributed by atoms with Gasteiger partial charge in [-0.25, -0.2) is 74.4 Å². The summed E-state index contributed by atoms with van der Waals surface area (Å²) in [4.78, 5) is 0. The van der Waals surface area contributed by atoms with Gasteiger partial charge < -0.3 is 141 Å². The first-order chi connectivity index (χ1) is 65.9. The van der Waals surface area contributed by atoms with Crippen molar-refractivity contribution in [2.75, 3.05) is 0 Å². The Balaban J connectivity index is -0.0000000484. The van der Waals surface area contributed by atoms with Gasteiger partial charge in [-0.15, -0.1) is 68.5 Å². The van der Waals surface area contributed by atoms with E-state index in [1.807, 2.05) is 202 Å². The Morgan fingerprint density at radius 3 is 0.306 bits per heavy atom. The van der Waals surface area contributed by atoms with Crippen molar-refractivity contribution in [2.24, 2.45) is 21.0 Å². The van der Waals surface area contributed by atoms with Gasteiger partial charge in [-0.2, -0.15) is 163 Å². The second kappa shape index (κ2) is 170. The second-order valence-electron chi connectivity index (χ2n) is 40.7. The van der Waals surface area contributed by atoms with Gasteiger partial charge >= 0.3 is 258 Å². The average molecular weight is 3060 g/mol. The molecular weight excluding hydrogens is 2800 g/mol. The van der Waals surface area contributed by atoms with E-state index in [9.17, 15) is 0 Å². The van der Waals surface area contributed by atoms with E-state index >= 15 is 0 Å². The van der Waals surface area contributed by atoms with Gasteiger partial charge in [0.15, 0.2) is 0 Å². The molecule has 0 atom stereocenters. The fourth-order valence-corrected chi connectivity index (χ4v) is 3.18. The van der Waals surface area contributed by atoms with Crippen molar-refractivity contribution in [2.45, 2.75) is 640 Å². The van der Waals surface area contributed by atoms with E-state index in [4.69, 9.17) is 0 Å². The topological polar surface area (TPSA) is 243 Å². The third kappa shape index (κ3) is 443. The van der Waals surface area contributed by atoms with Crippen LogP contribution in [0, 0.1) is 77.0 Å². The fourth-order valence-electron chi connectivity index (χ4n) is 3.18. The molecule has 0 aliphatic carbocycles. The molecule has 0 aromatic rings. The van der Waals surface area contributed by atoms with E-state index in [0.717, 1.165) is 25.7 Å². The van der Waals surface area contributed by atoms with E-state index in [1.54, 1.807) is 49.6 Å². The van der Waals surface area contributed by atoms with Crippen LogP contribution in [0.3, 0.4) is 0 Å². The van der Waals surface area contributed by atoms with Crippen molar-refractivity contribution >= 4 is 0 Å². The smallest absolute Gasteiger partial charge is 0.0663 e. The summed E-state index contributed by atoms with van der Waals surface area (Å²) >= 11 is 7.97. The molecule has 0 N–H and O–H groups in total. The van der Waals surface area contributed by atoms with Crippen LogP contribution in [0.4, 0.5) is 0 Å². The summed E-state index contributed by atoms with van der Waals surface area (Å²) < 4.78 is 23.8. The van der Waals surface area contributed by atoms with Crippen molar-refractivity contribution in [3.8, 4) is 0 Å².